The van der Waals surface area contributed by atoms with Gasteiger partial charge in [0.05, 0.1) is 17.7 Å². The molecule has 0 bridgehead atoms. The fraction of sp³-hybridized carbons (Fsp3) is 0.722. The lowest BCUT2D eigenvalue weighted by Gasteiger charge is -2.57. The molecule has 3 atom stereocenters. The van der Waals surface area contributed by atoms with Crippen molar-refractivity contribution < 1.29 is 14.6 Å². The van der Waals surface area contributed by atoms with Crippen molar-refractivity contribution in [2.24, 2.45) is 5.41 Å². The second kappa shape index (κ2) is 6.65. The van der Waals surface area contributed by atoms with E-state index in [1.165, 1.54) is 10.4 Å². The van der Waals surface area contributed by atoms with Gasteiger partial charge in [0.1, 0.15) is 0 Å². The second-order valence-electron chi connectivity index (χ2n) is 7.47. The number of amides is 2. The predicted molar refractivity (Wildman–Crippen MR) is 95.3 cm³/mol. The number of nitrogens with one attached hydrogen (secondary N) is 2. The van der Waals surface area contributed by atoms with Gasteiger partial charge in [0, 0.05) is 29.9 Å². The van der Waals surface area contributed by atoms with Crippen molar-refractivity contribution in [3.8, 4) is 0 Å². The topological polar surface area (TPSA) is 70.6 Å². The van der Waals surface area contributed by atoms with Crippen molar-refractivity contribution >= 4 is 17.4 Å². The number of aryl methyl sites for hydroxylation is 1. The normalized spacial score (nSPS) is 31.0. The third-order valence-corrected chi connectivity index (χ3v) is 6.79. The predicted octanol–water partition coefficient (Wildman–Crippen LogP) is 2.99. The van der Waals surface area contributed by atoms with E-state index in [2.05, 4.69) is 22.1 Å². The van der Waals surface area contributed by atoms with Crippen molar-refractivity contribution in [1.29, 1.82) is 0 Å². The SMILES string of the molecule is CCOC1CC(O)(CNC(=O)NC2CCCc3sccc32)C1(C)C. The van der Waals surface area contributed by atoms with E-state index < -0.39 is 5.60 Å². The number of ether oxygens (including phenoxy) is 1. The number of rotatable bonds is 5. The lowest BCUT2D eigenvalue weighted by molar-refractivity contribution is -0.237. The summed E-state index contributed by atoms with van der Waals surface area (Å²) in [7, 11) is 0. The average Bonchev–Trinajstić information content (AvgIpc) is 3.02. The Morgan fingerprint density at radius 2 is 2.29 bits per heavy atom. The van der Waals surface area contributed by atoms with Gasteiger partial charge in [0.15, 0.2) is 0 Å². The van der Waals surface area contributed by atoms with E-state index in [4.69, 9.17) is 4.74 Å². The van der Waals surface area contributed by atoms with Crippen molar-refractivity contribution in [3.63, 3.8) is 0 Å². The Bertz CT molecular complexity index is 601. The molecule has 0 radical (unpaired) electrons. The second-order valence-corrected chi connectivity index (χ2v) is 8.47. The van der Waals surface area contributed by atoms with Gasteiger partial charge in [-0.3, -0.25) is 0 Å². The highest BCUT2D eigenvalue weighted by molar-refractivity contribution is 7.10. The smallest absolute Gasteiger partial charge is 0.315 e. The highest BCUT2D eigenvalue weighted by Crippen LogP contribution is 2.50. The first-order valence-electron chi connectivity index (χ1n) is 8.82. The van der Waals surface area contributed by atoms with Crippen molar-refractivity contribution in [3.05, 3.63) is 21.9 Å². The summed E-state index contributed by atoms with van der Waals surface area (Å²) in [5, 5.41) is 18.8. The zero-order valence-corrected chi connectivity index (χ0v) is 15.5. The maximum Gasteiger partial charge on any atom is 0.315 e. The van der Waals surface area contributed by atoms with E-state index in [9.17, 15) is 9.90 Å². The Balaban J connectivity index is 1.52. The van der Waals surface area contributed by atoms with Crippen LogP contribution in [0.5, 0.6) is 0 Å². The zero-order valence-electron chi connectivity index (χ0n) is 14.7. The molecule has 2 amide bonds. The van der Waals surface area contributed by atoms with Crippen LogP contribution in [-0.2, 0) is 11.2 Å². The number of thiophene rings is 1. The molecule has 2 aliphatic carbocycles. The van der Waals surface area contributed by atoms with E-state index in [0.717, 1.165) is 19.3 Å². The highest BCUT2D eigenvalue weighted by Gasteiger charge is 2.59. The Labute approximate surface area is 147 Å². The lowest BCUT2D eigenvalue weighted by Crippen LogP contribution is -2.69. The largest absolute Gasteiger partial charge is 0.387 e. The molecule has 1 heterocycles. The summed E-state index contributed by atoms with van der Waals surface area (Å²) >= 11 is 1.77. The molecule has 5 nitrogen and oxygen atoms in total. The van der Waals surface area contributed by atoms with Crippen LogP contribution in [0.25, 0.3) is 0 Å². The summed E-state index contributed by atoms with van der Waals surface area (Å²) in [6, 6.07) is 1.99. The first-order valence-corrected chi connectivity index (χ1v) is 9.70. The molecule has 24 heavy (non-hydrogen) atoms. The van der Waals surface area contributed by atoms with Gasteiger partial charge in [-0.05, 0) is 43.2 Å². The van der Waals surface area contributed by atoms with E-state index in [1.54, 1.807) is 11.3 Å². The quantitative estimate of drug-likeness (QED) is 0.763. The Morgan fingerprint density at radius 1 is 1.50 bits per heavy atom. The van der Waals surface area contributed by atoms with Gasteiger partial charge in [0.25, 0.3) is 0 Å². The van der Waals surface area contributed by atoms with Crippen LogP contribution < -0.4 is 10.6 Å². The number of carbonyl (C=O) groups excluding carboxylic acids is 1. The average molecular weight is 353 g/mol. The van der Waals surface area contributed by atoms with Crippen LogP contribution >= 0.6 is 11.3 Å². The maximum atomic E-state index is 12.3. The molecular weight excluding hydrogens is 324 g/mol. The molecule has 2 aliphatic rings. The van der Waals surface area contributed by atoms with Crippen LogP contribution in [0.2, 0.25) is 0 Å². The van der Waals surface area contributed by atoms with Crippen LogP contribution in [-0.4, -0.2) is 36.0 Å². The van der Waals surface area contributed by atoms with E-state index in [-0.39, 0.29) is 30.1 Å². The van der Waals surface area contributed by atoms with Gasteiger partial charge >= 0.3 is 6.03 Å². The number of fused-ring (bicyclic) bond motifs is 1. The monoisotopic (exact) mass is 352 g/mol. The van der Waals surface area contributed by atoms with Gasteiger partial charge < -0.3 is 20.5 Å². The Hall–Kier alpha value is -1.11. The molecule has 3 N–H and O–H groups in total. The number of hydrogen-bond donors (Lipinski definition) is 3. The minimum absolute atomic E-state index is 0.0454. The van der Waals surface area contributed by atoms with Crippen molar-refractivity contribution in [2.75, 3.05) is 13.2 Å². The van der Waals surface area contributed by atoms with Crippen LogP contribution in [0.15, 0.2) is 11.4 Å². The maximum absolute atomic E-state index is 12.3. The van der Waals surface area contributed by atoms with Gasteiger partial charge in [-0.15, -0.1) is 11.3 Å². The molecule has 0 saturated heterocycles. The first kappa shape index (κ1) is 17.7. The van der Waals surface area contributed by atoms with E-state index >= 15 is 0 Å². The van der Waals surface area contributed by atoms with Crippen LogP contribution in [0, 0.1) is 5.41 Å². The minimum atomic E-state index is -0.912. The molecule has 1 aromatic heterocycles. The van der Waals surface area contributed by atoms with Gasteiger partial charge in [-0.1, -0.05) is 13.8 Å². The van der Waals surface area contributed by atoms with E-state index in [1.807, 2.05) is 20.8 Å². The van der Waals surface area contributed by atoms with Gasteiger partial charge in [0.2, 0.25) is 0 Å². The molecule has 0 aromatic carbocycles. The fourth-order valence-corrected chi connectivity index (χ4v) is 4.82. The van der Waals surface area contributed by atoms with E-state index in [0.29, 0.717) is 13.0 Å². The third kappa shape index (κ3) is 3.07. The number of aliphatic hydroxyl groups is 1. The summed E-state index contributed by atoms with van der Waals surface area (Å²) < 4.78 is 5.66. The zero-order chi connectivity index (χ0) is 17.4. The first-order chi connectivity index (χ1) is 11.4. The summed E-state index contributed by atoms with van der Waals surface area (Å²) in [5.41, 5.74) is -0.0214. The molecule has 3 rings (SSSR count). The molecule has 6 heteroatoms. The molecule has 1 saturated carbocycles. The lowest BCUT2D eigenvalue weighted by atomic mass is 9.56. The summed E-state index contributed by atoms with van der Waals surface area (Å²) in [5.74, 6) is 0. The Kier molecular flexibility index (Phi) is 4.91. The third-order valence-electron chi connectivity index (χ3n) is 5.79. The highest BCUT2D eigenvalue weighted by atomic mass is 32.1. The van der Waals surface area contributed by atoms with Crippen molar-refractivity contribution in [2.45, 2.75) is 64.2 Å². The van der Waals surface area contributed by atoms with Gasteiger partial charge in [-0.2, -0.15) is 0 Å². The Morgan fingerprint density at radius 3 is 3.00 bits per heavy atom. The van der Waals surface area contributed by atoms with Gasteiger partial charge in [-0.25, -0.2) is 4.79 Å². The summed E-state index contributed by atoms with van der Waals surface area (Å²) in [6.45, 7) is 6.84. The molecule has 3 unspecified atom stereocenters. The molecule has 1 fully saturated rings. The molecule has 134 valence electrons. The molecule has 0 spiro atoms. The van der Waals surface area contributed by atoms with Crippen LogP contribution in [0.1, 0.15) is 56.5 Å². The fourth-order valence-electron chi connectivity index (χ4n) is 3.83. The molecule has 1 aromatic rings. The standard InChI is InChI=1S/C18H28N2O3S/c1-4-23-15-10-18(22,17(15,2)3)11-19-16(21)20-13-6-5-7-14-12(13)8-9-24-14/h8-9,13,15,22H,4-7,10-11H2,1-3H3,(H2,19,20,21). The molecule has 0 aliphatic heterocycles. The number of hydrogen-bond acceptors (Lipinski definition) is 4. The minimum Gasteiger partial charge on any atom is -0.387 e. The van der Waals surface area contributed by atoms with Crippen LogP contribution in [0.4, 0.5) is 4.79 Å². The summed E-state index contributed by atoms with van der Waals surface area (Å²) in [6.07, 6.45) is 3.79. The number of carbonyl (C=O) groups is 1. The number of urea groups is 1. The molecular formula is C18H28N2O3S. The summed E-state index contributed by atoms with van der Waals surface area (Å²) in [4.78, 5) is 13.7. The van der Waals surface area contributed by atoms with Crippen LogP contribution in [0.3, 0.4) is 0 Å². The van der Waals surface area contributed by atoms with Crippen molar-refractivity contribution in [1.82, 2.24) is 10.6 Å².